The molecule has 5 heteroatoms. The van der Waals surface area contributed by atoms with Gasteiger partial charge in [0.1, 0.15) is 5.60 Å². The summed E-state index contributed by atoms with van der Waals surface area (Å²) >= 11 is 0. The maximum atomic E-state index is 12.2. The van der Waals surface area contributed by atoms with Crippen molar-refractivity contribution in [2.45, 2.75) is 5.60 Å². The Morgan fingerprint density at radius 2 is 1.24 bits per heavy atom. The highest BCUT2D eigenvalue weighted by molar-refractivity contribution is 5.61. The van der Waals surface area contributed by atoms with Crippen LogP contribution >= 0.6 is 0 Å². The van der Waals surface area contributed by atoms with Crippen LogP contribution < -0.4 is 14.5 Å². The first kappa shape index (κ1) is 20.6. The van der Waals surface area contributed by atoms with Crippen molar-refractivity contribution >= 4 is 11.4 Å². The average molecular weight is 392 g/mol. The molecular weight excluding hydrogens is 364 g/mol. The van der Waals surface area contributed by atoms with E-state index in [9.17, 15) is 10.2 Å². The summed E-state index contributed by atoms with van der Waals surface area (Å²) in [5.41, 5.74) is 2.01. The first-order chi connectivity index (χ1) is 13.8. The number of aromatic hydroxyl groups is 1. The van der Waals surface area contributed by atoms with Gasteiger partial charge in [0.25, 0.3) is 0 Å². The number of rotatable bonds is 6. The van der Waals surface area contributed by atoms with E-state index >= 15 is 0 Å². The van der Waals surface area contributed by atoms with Gasteiger partial charge in [-0.1, -0.05) is 36.4 Å². The van der Waals surface area contributed by atoms with Crippen molar-refractivity contribution < 1.29 is 14.9 Å². The molecule has 2 N–H and O–H groups in total. The van der Waals surface area contributed by atoms with Crippen molar-refractivity contribution in [1.29, 1.82) is 0 Å². The van der Waals surface area contributed by atoms with Crippen LogP contribution in [0.4, 0.5) is 11.4 Å². The minimum Gasteiger partial charge on any atom is -0.504 e. The molecule has 0 fully saturated rings. The summed E-state index contributed by atoms with van der Waals surface area (Å²) in [4.78, 5) is 3.96. The second-order valence-electron chi connectivity index (χ2n) is 7.46. The molecule has 0 saturated carbocycles. The molecule has 0 spiro atoms. The highest BCUT2D eigenvalue weighted by Gasteiger charge is 2.37. The number of benzene rings is 3. The van der Waals surface area contributed by atoms with Gasteiger partial charge in [0.2, 0.25) is 0 Å². The molecule has 0 heterocycles. The Morgan fingerprint density at radius 3 is 1.69 bits per heavy atom. The lowest BCUT2D eigenvalue weighted by Crippen LogP contribution is -2.30. The maximum absolute atomic E-state index is 12.2. The van der Waals surface area contributed by atoms with Crippen molar-refractivity contribution in [2.24, 2.45) is 0 Å². The van der Waals surface area contributed by atoms with Crippen LogP contribution in [-0.4, -0.2) is 45.5 Å². The number of aliphatic hydroxyl groups is 1. The predicted octanol–water partition coefficient (Wildman–Crippen LogP) is 3.82. The minimum atomic E-state index is -1.57. The summed E-state index contributed by atoms with van der Waals surface area (Å²) in [5, 5.41) is 23.1. The van der Waals surface area contributed by atoms with Gasteiger partial charge in [-0.05, 0) is 41.5 Å². The van der Waals surface area contributed by atoms with Gasteiger partial charge in [0.15, 0.2) is 11.5 Å². The number of anilines is 2. The quantitative estimate of drug-likeness (QED) is 0.625. The highest BCUT2D eigenvalue weighted by Crippen LogP contribution is 2.45. The van der Waals surface area contributed by atoms with Gasteiger partial charge in [0.05, 0.1) is 7.11 Å². The summed E-state index contributed by atoms with van der Waals surface area (Å²) in [6, 6.07) is 20.5. The molecule has 5 nitrogen and oxygen atoms in total. The lowest BCUT2D eigenvalue weighted by atomic mass is 9.79. The lowest BCUT2D eigenvalue weighted by molar-refractivity contribution is 0.122. The molecule has 3 rings (SSSR count). The van der Waals surface area contributed by atoms with Crippen molar-refractivity contribution in [1.82, 2.24) is 0 Å². The van der Waals surface area contributed by atoms with E-state index < -0.39 is 5.60 Å². The van der Waals surface area contributed by atoms with E-state index in [0.29, 0.717) is 22.4 Å². The monoisotopic (exact) mass is 392 g/mol. The van der Waals surface area contributed by atoms with Crippen LogP contribution in [0.1, 0.15) is 16.7 Å². The van der Waals surface area contributed by atoms with Gasteiger partial charge >= 0.3 is 0 Å². The molecule has 0 amide bonds. The van der Waals surface area contributed by atoms with E-state index in [1.165, 1.54) is 7.11 Å². The summed E-state index contributed by atoms with van der Waals surface area (Å²) < 4.78 is 5.30. The van der Waals surface area contributed by atoms with Gasteiger partial charge in [-0.2, -0.15) is 0 Å². The molecule has 29 heavy (non-hydrogen) atoms. The molecule has 0 unspecified atom stereocenters. The topological polar surface area (TPSA) is 56.2 Å². The third-order valence-corrected chi connectivity index (χ3v) is 5.17. The Kier molecular flexibility index (Phi) is 5.71. The second kappa shape index (κ2) is 8.05. The fraction of sp³-hybridized carbons (Fsp3) is 0.250. The number of nitrogens with zero attached hydrogens (tertiary/aromatic N) is 2. The molecule has 3 aromatic rings. The highest BCUT2D eigenvalue weighted by atomic mass is 16.5. The zero-order valence-corrected chi connectivity index (χ0v) is 17.5. The number of ether oxygens (including phenoxy) is 1. The van der Waals surface area contributed by atoms with E-state index in [1.807, 2.05) is 86.5 Å². The van der Waals surface area contributed by atoms with Gasteiger partial charge in [-0.3, -0.25) is 0 Å². The Balaban J connectivity index is 2.33. The fourth-order valence-electron chi connectivity index (χ4n) is 3.47. The molecule has 0 aliphatic carbocycles. The molecule has 0 aromatic heterocycles. The van der Waals surface area contributed by atoms with E-state index in [0.717, 1.165) is 11.4 Å². The Labute approximate surface area is 172 Å². The second-order valence-corrected chi connectivity index (χ2v) is 7.46. The summed E-state index contributed by atoms with van der Waals surface area (Å²) in [6.07, 6.45) is 0. The molecular formula is C24H28N2O3. The third-order valence-electron chi connectivity index (χ3n) is 5.17. The smallest absolute Gasteiger partial charge is 0.164 e. The summed E-state index contributed by atoms with van der Waals surface area (Å²) in [5.74, 6) is 0.233. The number of phenolic OH excluding ortho intramolecular Hbond substituents is 1. The normalized spacial score (nSPS) is 11.2. The van der Waals surface area contributed by atoms with Crippen LogP contribution in [0.3, 0.4) is 0 Å². The van der Waals surface area contributed by atoms with Crippen LogP contribution in [0.25, 0.3) is 0 Å². The van der Waals surface area contributed by atoms with Crippen molar-refractivity contribution in [2.75, 3.05) is 45.1 Å². The van der Waals surface area contributed by atoms with Crippen LogP contribution in [0.5, 0.6) is 11.5 Å². The standard InChI is InChI=1S/C24H28N2O3/c1-25(2)19-11-6-9-17(15-19)24(28,18-10-7-12-20(16-18)26(3)4)21-13-8-14-22(29-5)23(21)27/h6-16,27-28H,1-5H3. The number of methoxy groups -OCH3 is 1. The van der Waals surface area contributed by atoms with Crippen LogP contribution in [0.15, 0.2) is 66.7 Å². The number of para-hydroxylation sites is 1. The first-order valence-corrected chi connectivity index (χ1v) is 9.43. The van der Waals surface area contributed by atoms with Crippen LogP contribution in [0.2, 0.25) is 0 Å². The van der Waals surface area contributed by atoms with Gasteiger partial charge < -0.3 is 24.7 Å². The zero-order chi connectivity index (χ0) is 21.2. The lowest BCUT2D eigenvalue weighted by Gasteiger charge is -2.32. The Hall–Kier alpha value is -3.18. The predicted molar refractivity (Wildman–Crippen MR) is 118 cm³/mol. The number of hydrogen-bond donors (Lipinski definition) is 2. The first-order valence-electron chi connectivity index (χ1n) is 9.43. The molecule has 0 aliphatic heterocycles. The third kappa shape index (κ3) is 3.74. The number of phenols is 1. The van der Waals surface area contributed by atoms with Crippen molar-refractivity contribution in [3.63, 3.8) is 0 Å². The van der Waals surface area contributed by atoms with E-state index in [2.05, 4.69) is 0 Å². The van der Waals surface area contributed by atoms with Crippen molar-refractivity contribution in [3.05, 3.63) is 83.4 Å². The maximum Gasteiger partial charge on any atom is 0.164 e. The van der Waals surface area contributed by atoms with E-state index in [4.69, 9.17) is 4.74 Å². The van der Waals surface area contributed by atoms with Gasteiger partial charge in [-0.25, -0.2) is 0 Å². The largest absolute Gasteiger partial charge is 0.504 e. The fourth-order valence-corrected chi connectivity index (χ4v) is 3.47. The minimum absolute atomic E-state index is 0.0805. The molecule has 3 aromatic carbocycles. The number of hydrogen-bond acceptors (Lipinski definition) is 5. The van der Waals surface area contributed by atoms with Gasteiger partial charge in [0, 0.05) is 45.1 Å². The summed E-state index contributed by atoms with van der Waals surface area (Å²) in [6.45, 7) is 0. The molecule has 0 saturated heterocycles. The average Bonchev–Trinajstić information content (AvgIpc) is 2.73. The Morgan fingerprint density at radius 1 is 0.759 bits per heavy atom. The van der Waals surface area contributed by atoms with E-state index in [1.54, 1.807) is 18.2 Å². The SMILES string of the molecule is COc1cccc(C(O)(c2cccc(N(C)C)c2)c2cccc(N(C)C)c2)c1O. The molecule has 0 radical (unpaired) electrons. The molecule has 0 atom stereocenters. The van der Waals surface area contributed by atoms with E-state index in [-0.39, 0.29) is 5.75 Å². The Bertz CT molecular complexity index is 947. The summed E-state index contributed by atoms with van der Waals surface area (Å²) in [7, 11) is 9.31. The molecule has 0 aliphatic rings. The van der Waals surface area contributed by atoms with Crippen LogP contribution in [-0.2, 0) is 5.60 Å². The molecule has 152 valence electrons. The van der Waals surface area contributed by atoms with Gasteiger partial charge in [-0.15, -0.1) is 0 Å². The van der Waals surface area contributed by atoms with Crippen LogP contribution in [0, 0.1) is 0 Å². The zero-order valence-electron chi connectivity index (χ0n) is 17.5. The molecule has 0 bridgehead atoms. The van der Waals surface area contributed by atoms with Crippen molar-refractivity contribution in [3.8, 4) is 11.5 Å².